The predicted molar refractivity (Wildman–Crippen MR) is 72.3 cm³/mol. The SMILES string of the molecule is CCc1ccc(C(N)c2ccccc2SC)o1. The third kappa shape index (κ3) is 2.56. The van der Waals surface area contributed by atoms with Crippen molar-refractivity contribution in [2.45, 2.75) is 24.3 Å². The summed E-state index contributed by atoms with van der Waals surface area (Å²) in [7, 11) is 0. The summed E-state index contributed by atoms with van der Waals surface area (Å²) in [5.74, 6) is 1.82. The topological polar surface area (TPSA) is 39.2 Å². The number of rotatable bonds is 4. The van der Waals surface area contributed by atoms with E-state index in [1.165, 1.54) is 4.90 Å². The molecular weight excluding hydrogens is 230 g/mol. The standard InChI is InChI=1S/C14H17NOS/c1-3-10-8-9-12(16-10)14(15)11-6-4-5-7-13(11)17-2/h4-9,14H,3,15H2,1-2H3. The molecule has 3 heteroatoms. The first kappa shape index (κ1) is 12.3. The first-order valence-corrected chi connectivity index (χ1v) is 6.95. The van der Waals surface area contributed by atoms with Crippen LogP contribution < -0.4 is 5.73 Å². The van der Waals surface area contributed by atoms with Crippen LogP contribution in [0.2, 0.25) is 0 Å². The number of hydrogen-bond donors (Lipinski definition) is 1. The van der Waals surface area contributed by atoms with Gasteiger partial charge in [0.05, 0.1) is 6.04 Å². The molecule has 0 spiro atoms. The van der Waals surface area contributed by atoms with Gasteiger partial charge in [-0.1, -0.05) is 25.1 Å². The Bertz CT molecular complexity index is 492. The van der Waals surface area contributed by atoms with Gasteiger partial charge in [-0.25, -0.2) is 0 Å². The van der Waals surface area contributed by atoms with E-state index in [1.54, 1.807) is 11.8 Å². The first-order chi connectivity index (χ1) is 8.26. The van der Waals surface area contributed by atoms with Gasteiger partial charge in [0.2, 0.25) is 0 Å². The minimum Gasteiger partial charge on any atom is -0.464 e. The summed E-state index contributed by atoms with van der Waals surface area (Å²) >= 11 is 1.71. The van der Waals surface area contributed by atoms with Gasteiger partial charge in [-0.2, -0.15) is 0 Å². The van der Waals surface area contributed by atoms with Crippen molar-refractivity contribution in [1.82, 2.24) is 0 Å². The summed E-state index contributed by atoms with van der Waals surface area (Å²) in [4.78, 5) is 1.20. The maximum Gasteiger partial charge on any atom is 0.125 e. The lowest BCUT2D eigenvalue weighted by Crippen LogP contribution is -2.11. The lowest BCUT2D eigenvalue weighted by Gasteiger charge is -2.13. The predicted octanol–water partition coefficient (Wildman–Crippen LogP) is 3.61. The summed E-state index contributed by atoms with van der Waals surface area (Å²) in [5.41, 5.74) is 7.38. The molecule has 1 atom stereocenters. The van der Waals surface area contributed by atoms with E-state index in [2.05, 4.69) is 25.3 Å². The Morgan fingerprint density at radius 1 is 1.24 bits per heavy atom. The molecule has 1 aromatic carbocycles. The van der Waals surface area contributed by atoms with Crippen molar-refractivity contribution in [2.75, 3.05) is 6.26 Å². The molecule has 1 aromatic heterocycles. The molecule has 0 saturated carbocycles. The zero-order chi connectivity index (χ0) is 12.3. The van der Waals surface area contributed by atoms with Gasteiger partial charge in [0.15, 0.2) is 0 Å². The van der Waals surface area contributed by atoms with Gasteiger partial charge in [-0.15, -0.1) is 11.8 Å². The van der Waals surface area contributed by atoms with Crippen molar-refractivity contribution in [3.05, 3.63) is 53.5 Å². The summed E-state index contributed by atoms with van der Waals surface area (Å²) in [5, 5.41) is 0. The molecule has 0 aliphatic heterocycles. The molecule has 1 unspecified atom stereocenters. The molecule has 2 nitrogen and oxygen atoms in total. The van der Waals surface area contributed by atoms with Crippen molar-refractivity contribution >= 4 is 11.8 Å². The number of thioether (sulfide) groups is 1. The van der Waals surface area contributed by atoms with E-state index in [1.807, 2.05) is 24.3 Å². The molecule has 2 rings (SSSR count). The molecule has 90 valence electrons. The maximum atomic E-state index is 6.25. The molecule has 2 aromatic rings. The van der Waals surface area contributed by atoms with E-state index in [4.69, 9.17) is 10.2 Å². The number of benzene rings is 1. The minimum atomic E-state index is -0.182. The molecule has 17 heavy (non-hydrogen) atoms. The van der Waals surface area contributed by atoms with Gasteiger partial charge in [0.25, 0.3) is 0 Å². The Balaban J connectivity index is 2.32. The van der Waals surface area contributed by atoms with E-state index in [9.17, 15) is 0 Å². The normalized spacial score (nSPS) is 12.6. The Morgan fingerprint density at radius 2 is 2.00 bits per heavy atom. The fraction of sp³-hybridized carbons (Fsp3) is 0.286. The molecular formula is C14H17NOS. The van der Waals surface area contributed by atoms with Crippen LogP contribution in [-0.2, 0) is 6.42 Å². The Hall–Kier alpha value is -1.19. The third-order valence-electron chi connectivity index (χ3n) is 2.81. The van der Waals surface area contributed by atoms with E-state index in [0.717, 1.165) is 23.5 Å². The van der Waals surface area contributed by atoms with E-state index < -0.39 is 0 Å². The number of aryl methyl sites for hydroxylation is 1. The van der Waals surface area contributed by atoms with Crippen molar-refractivity contribution in [1.29, 1.82) is 0 Å². The largest absolute Gasteiger partial charge is 0.464 e. The third-order valence-corrected chi connectivity index (χ3v) is 3.62. The van der Waals surface area contributed by atoms with Gasteiger partial charge in [-0.05, 0) is 30.0 Å². The Labute approximate surface area is 106 Å². The van der Waals surface area contributed by atoms with Crippen molar-refractivity contribution in [3.8, 4) is 0 Å². The van der Waals surface area contributed by atoms with Crippen LogP contribution in [0, 0.1) is 0 Å². The van der Waals surface area contributed by atoms with E-state index in [-0.39, 0.29) is 6.04 Å². The minimum absolute atomic E-state index is 0.182. The molecule has 2 N–H and O–H groups in total. The summed E-state index contributed by atoms with van der Waals surface area (Å²) in [6, 6.07) is 12.0. The quantitative estimate of drug-likeness (QED) is 0.839. The number of nitrogens with two attached hydrogens (primary N) is 1. The van der Waals surface area contributed by atoms with E-state index >= 15 is 0 Å². The van der Waals surface area contributed by atoms with E-state index in [0.29, 0.717) is 0 Å². The van der Waals surface area contributed by atoms with Crippen LogP contribution in [0.4, 0.5) is 0 Å². The monoisotopic (exact) mass is 247 g/mol. The molecule has 0 saturated heterocycles. The van der Waals surface area contributed by atoms with Crippen molar-refractivity contribution in [2.24, 2.45) is 5.73 Å². The van der Waals surface area contributed by atoms with Crippen LogP contribution in [-0.4, -0.2) is 6.26 Å². The average Bonchev–Trinajstić information content (AvgIpc) is 2.86. The van der Waals surface area contributed by atoms with Crippen LogP contribution in [0.3, 0.4) is 0 Å². The van der Waals surface area contributed by atoms with Gasteiger partial charge in [-0.3, -0.25) is 0 Å². The second-order valence-electron chi connectivity index (χ2n) is 3.88. The molecule has 0 aliphatic rings. The van der Waals surface area contributed by atoms with Crippen molar-refractivity contribution < 1.29 is 4.42 Å². The summed E-state index contributed by atoms with van der Waals surface area (Å²) in [6.07, 6.45) is 2.96. The summed E-state index contributed by atoms with van der Waals surface area (Å²) < 4.78 is 5.71. The van der Waals surface area contributed by atoms with Gasteiger partial charge in [0, 0.05) is 11.3 Å². The molecule has 0 fully saturated rings. The highest BCUT2D eigenvalue weighted by Crippen LogP contribution is 2.29. The number of hydrogen-bond acceptors (Lipinski definition) is 3. The average molecular weight is 247 g/mol. The van der Waals surface area contributed by atoms with Crippen LogP contribution in [0.15, 0.2) is 45.7 Å². The van der Waals surface area contributed by atoms with Crippen molar-refractivity contribution in [3.63, 3.8) is 0 Å². The molecule has 0 bridgehead atoms. The smallest absolute Gasteiger partial charge is 0.125 e. The molecule has 0 aliphatic carbocycles. The highest BCUT2D eigenvalue weighted by molar-refractivity contribution is 7.98. The lowest BCUT2D eigenvalue weighted by atomic mass is 10.1. The Morgan fingerprint density at radius 3 is 2.65 bits per heavy atom. The molecule has 1 heterocycles. The van der Waals surface area contributed by atoms with Gasteiger partial charge >= 0.3 is 0 Å². The highest BCUT2D eigenvalue weighted by atomic mass is 32.2. The highest BCUT2D eigenvalue weighted by Gasteiger charge is 2.15. The second-order valence-corrected chi connectivity index (χ2v) is 4.73. The first-order valence-electron chi connectivity index (χ1n) is 5.73. The molecule has 0 amide bonds. The van der Waals surface area contributed by atoms with Gasteiger partial charge < -0.3 is 10.2 Å². The van der Waals surface area contributed by atoms with Crippen LogP contribution >= 0.6 is 11.8 Å². The number of furan rings is 1. The lowest BCUT2D eigenvalue weighted by molar-refractivity contribution is 0.452. The van der Waals surface area contributed by atoms with Crippen LogP contribution in [0.25, 0.3) is 0 Å². The van der Waals surface area contributed by atoms with Crippen LogP contribution in [0.1, 0.15) is 30.0 Å². The maximum absolute atomic E-state index is 6.25. The fourth-order valence-corrected chi connectivity index (χ4v) is 2.47. The molecule has 0 radical (unpaired) electrons. The van der Waals surface area contributed by atoms with Crippen LogP contribution in [0.5, 0.6) is 0 Å². The van der Waals surface area contributed by atoms with Gasteiger partial charge in [0.1, 0.15) is 11.5 Å². The zero-order valence-electron chi connectivity index (χ0n) is 10.1. The summed E-state index contributed by atoms with van der Waals surface area (Å²) in [6.45, 7) is 2.07. The zero-order valence-corrected chi connectivity index (χ0v) is 11.0. The fourth-order valence-electron chi connectivity index (χ4n) is 1.83. The second kappa shape index (κ2) is 5.43. The Kier molecular flexibility index (Phi) is 3.92.